The van der Waals surface area contributed by atoms with E-state index >= 15 is 0 Å². The Kier molecular flexibility index (Phi) is 4.31. The van der Waals surface area contributed by atoms with Crippen LogP contribution >= 0.6 is 11.3 Å². The highest BCUT2D eigenvalue weighted by Gasteiger charge is 2.30. The lowest BCUT2D eigenvalue weighted by molar-refractivity contribution is -0.132. The van der Waals surface area contributed by atoms with Crippen molar-refractivity contribution >= 4 is 17.2 Å². The third-order valence-corrected chi connectivity index (χ3v) is 4.23. The van der Waals surface area contributed by atoms with Gasteiger partial charge < -0.3 is 15.3 Å². The highest BCUT2D eigenvalue weighted by atomic mass is 32.1. The number of carbonyl (C=O) groups excluding carboxylic acids is 1. The average molecular weight is 269 g/mol. The van der Waals surface area contributed by atoms with Gasteiger partial charge >= 0.3 is 0 Å². The molecule has 2 N–H and O–H groups in total. The summed E-state index contributed by atoms with van der Waals surface area (Å²) in [6.45, 7) is 3.13. The van der Waals surface area contributed by atoms with Gasteiger partial charge in [0.15, 0.2) is 0 Å². The number of amides is 1. The third-order valence-electron chi connectivity index (χ3n) is 3.10. The topological polar surface area (TPSA) is 65.5 Å². The van der Waals surface area contributed by atoms with Gasteiger partial charge in [0.25, 0.3) is 0 Å². The number of likely N-dealkylation sites (N-methyl/N-ethyl adjacent to an activating group) is 1. The summed E-state index contributed by atoms with van der Waals surface area (Å²) in [5.74, 6) is 0.0276. The van der Waals surface area contributed by atoms with Gasteiger partial charge in [-0.15, -0.1) is 11.3 Å². The van der Waals surface area contributed by atoms with E-state index in [-0.39, 0.29) is 11.9 Å². The van der Waals surface area contributed by atoms with E-state index in [2.05, 4.69) is 17.2 Å². The zero-order chi connectivity index (χ0) is 13.1. The van der Waals surface area contributed by atoms with Crippen LogP contribution in [-0.4, -0.2) is 46.6 Å². The lowest BCUT2D eigenvalue weighted by Crippen LogP contribution is -2.41. The smallest absolute Gasteiger partial charge is 0.239 e. The molecule has 100 valence electrons. The van der Waals surface area contributed by atoms with Crippen molar-refractivity contribution in [1.29, 1.82) is 0 Å². The Balaban J connectivity index is 1.90. The Bertz CT molecular complexity index is 421. The standard InChI is InChI=1S/C12H19N3O2S/c1-3-9-6-14-11(18-9)7-15(2)12(17)10-4-8(16)5-13-10/h6,8,10,13,16H,3-5,7H2,1-2H3. The van der Waals surface area contributed by atoms with Crippen LogP contribution in [0.25, 0.3) is 0 Å². The molecule has 1 aromatic rings. The molecule has 2 unspecified atom stereocenters. The van der Waals surface area contributed by atoms with Crippen LogP contribution in [0.3, 0.4) is 0 Å². The van der Waals surface area contributed by atoms with Gasteiger partial charge in [-0.25, -0.2) is 4.98 Å². The first kappa shape index (κ1) is 13.5. The molecule has 1 amide bonds. The first-order chi connectivity index (χ1) is 8.60. The summed E-state index contributed by atoms with van der Waals surface area (Å²) in [5, 5.41) is 13.4. The van der Waals surface area contributed by atoms with Crippen molar-refractivity contribution in [2.45, 2.75) is 38.5 Å². The second kappa shape index (κ2) is 5.77. The van der Waals surface area contributed by atoms with Crippen molar-refractivity contribution in [3.05, 3.63) is 16.1 Å². The zero-order valence-corrected chi connectivity index (χ0v) is 11.5. The van der Waals surface area contributed by atoms with Crippen molar-refractivity contribution in [2.24, 2.45) is 0 Å². The molecule has 1 aromatic heterocycles. The van der Waals surface area contributed by atoms with Crippen LogP contribution in [0.4, 0.5) is 0 Å². The summed E-state index contributed by atoms with van der Waals surface area (Å²) in [6.07, 6.45) is 2.95. The predicted molar refractivity (Wildman–Crippen MR) is 70.4 cm³/mol. The van der Waals surface area contributed by atoms with E-state index in [1.54, 1.807) is 23.3 Å². The molecule has 0 saturated carbocycles. The van der Waals surface area contributed by atoms with Crippen LogP contribution in [0.15, 0.2) is 6.20 Å². The lowest BCUT2D eigenvalue weighted by atomic mass is 10.2. The molecule has 0 aliphatic carbocycles. The number of nitrogens with one attached hydrogen (secondary N) is 1. The van der Waals surface area contributed by atoms with Crippen LogP contribution in [0.1, 0.15) is 23.2 Å². The van der Waals surface area contributed by atoms with Gasteiger partial charge in [-0.1, -0.05) is 6.92 Å². The molecule has 6 heteroatoms. The number of aliphatic hydroxyl groups is 1. The Morgan fingerprint density at radius 2 is 2.50 bits per heavy atom. The number of rotatable bonds is 4. The van der Waals surface area contributed by atoms with E-state index in [0.29, 0.717) is 19.5 Å². The third kappa shape index (κ3) is 3.07. The number of aliphatic hydroxyl groups excluding tert-OH is 1. The maximum atomic E-state index is 12.1. The normalized spacial score (nSPS) is 23.3. The molecule has 2 heterocycles. The molecule has 1 aliphatic heterocycles. The van der Waals surface area contributed by atoms with Crippen LogP contribution in [0.5, 0.6) is 0 Å². The van der Waals surface area contributed by atoms with Gasteiger partial charge in [0, 0.05) is 24.7 Å². The van der Waals surface area contributed by atoms with Gasteiger partial charge in [0.2, 0.25) is 5.91 Å². The molecule has 5 nitrogen and oxygen atoms in total. The summed E-state index contributed by atoms with van der Waals surface area (Å²) in [4.78, 5) is 19.3. The van der Waals surface area contributed by atoms with E-state index in [4.69, 9.17) is 0 Å². The Hall–Kier alpha value is -0.980. The first-order valence-electron chi connectivity index (χ1n) is 6.20. The number of aromatic nitrogens is 1. The molecule has 0 spiro atoms. The second-order valence-electron chi connectivity index (χ2n) is 4.62. The lowest BCUT2D eigenvalue weighted by Gasteiger charge is -2.19. The first-order valence-corrected chi connectivity index (χ1v) is 7.01. The van der Waals surface area contributed by atoms with Gasteiger partial charge in [-0.05, 0) is 12.8 Å². The fourth-order valence-electron chi connectivity index (χ4n) is 2.04. The van der Waals surface area contributed by atoms with Crippen molar-refractivity contribution in [2.75, 3.05) is 13.6 Å². The minimum Gasteiger partial charge on any atom is -0.392 e. The minimum absolute atomic E-state index is 0.0276. The van der Waals surface area contributed by atoms with Gasteiger partial charge in [-0.2, -0.15) is 0 Å². The van der Waals surface area contributed by atoms with Crippen LogP contribution < -0.4 is 5.32 Å². The molecular formula is C12H19N3O2S. The average Bonchev–Trinajstić information content (AvgIpc) is 2.97. The molecular weight excluding hydrogens is 250 g/mol. The molecule has 2 atom stereocenters. The summed E-state index contributed by atoms with van der Waals surface area (Å²) < 4.78 is 0. The second-order valence-corrected chi connectivity index (χ2v) is 5.82. The number of thiazole rings is 1. The fraction of sp³-hybridized carbons (Fsp3) is 0.667. The van der Waals surface area contributed by atoms with Crippen molar-refractivity contribution in [3.8, 4) is 0 Å². The van der Waals surface area contributed by atoms with E-state index in [1.807, 2.05) is 6.20 Å². The number of aryl methyl sites for hydroxylation is 1. The number of hydrogen-bond donors (Lipinski definition) is 2. The van der Waals surface area contributed by atoms with Crippen molar-refractivity contribution < 1.29 is 9.90 Å². The van der Waals surface area contributed by atoms with Crippen molar-refractivity contribution in [3.63, 3.8) is 0 Å². The van der Waals surface area contributed by atoms with Crippen LogP contribution in [-0.2, 0) is 17.8 Å². The monoisotopic (exact) mass is 269 g/mol. The minimum atomic E-state index is -0.404. The summed E-state index contributed by atoms with van der Waals surface area (Å²) in [6, 6.07) is -0.254. The highest BCUT2D eigenvalue weighted by molar-refractivity contribution is 7.11. The predicted octanol–water partition coefficient (Wildman–Crippen LogP) is 0.387. The zero-order valence-electron chi connectivity index (χ0n) is 10.7. The number of nitrogens with zero attached hydrogens (tertiary/aromatic N) is 2. The molecule has 1 aliphatic rings. The fourth-order valence-corrected chi connectivity index (χ4v) is 2.95. The summed E-state index contributed by atoms with van der Waals surface area (Å²) >= 11 is 1.65. The summed E-state index contributed by atoms with van der Waals surface area (Å²) in [5.41, 5.74) is 0. The summed E-state index contributed by atoms with van der Waals surface area (Å²) in [7, 11) is 1.78. The van der Waals surface area contributed by atoms with Gasteiger partial charge in [-0.3, -0.25) is 4.79 Å². The number of β-amino-alcohol motifs (C(OH)–C–C–N with tert-alkyl or cyclic N) is 1. The molecule has 0 radical (unpaired) electrons. The molecule has 18 heavy (non-hydrogen) atoms. The molecule has 2 rings (SSSR count). The Morgan fingerprint density at radius 1 is 1.72 bits per heavy atom. The Labute approximate surface area is 111 Å². The van der Waals surface area contributed by atoms with E-state index < -0.39 is 6.10 Å². The van der Waals surface area contributed by atoms with E-state index in [9.17, 15) is 9.90 Å². The maximum absolute atomic E-state index is 12.1. The largest absolute Gasteiger partial charge is 0.392 e. The SMILES string of the molecule is CCc1cnc(CN(C)C(=O)C2CC(O)CN2)s1. The number of hydrogen-bond acceptors (Lipinski definition) is 5. The van der Waals surface area contributed by atoms with Crippen molar-refractivity contribution in [1.82, 2.24) is 15.2 Å². The highest BCUT2D eigenvalue weighted by Crippen LogP contribution is 2.16. The molecule has 0 bridgehead atoms. The van der Waals surface area contributed by atoms with Crippen LogP contribution in [0, 0.1) is 0 Å². The van der Waals surface area contributed by atoms with E-state index in [0.717, 1.165) is 11.4 Å². The van der Waals surface area contributed by atoms with E-state index in [1.165, 1.54) is 4.88 Å². The molecule has 1 fully saturated rings. The van der Waals surface area contributed by atoms with Gasteiger partial charge in [0.05, 0.1) is 18.7 Å². The quantitative estimate of drug-likeness (QED) is 0.830. The Morgan fingerprint density at radius 3 is 3.06 bits per heavy atom. The maximum Gasteiger partial charge on any atom is 0.239 e. The number of carbonyl (C=O) groups is 1. The van der Waals surface area contributed by atoms with Gasteiger partial charge in [0.1, 0.15) is 5.01 Å². The molecule has 1 saturated heterocycles. The van der Waals surface area contributed by atoms with Crippen LogP contribution in [0.2, 0.25) is 0 Å². The molecule has 0 aromatic carbocycles.